The number of carbonyl (C=O) groups excluding carboxylic acids is 2. The van der Waals surface area contributed by atoms with Crippen LogP contribution in [0.4, 0.5) is 19.3 Å². The van der Waals surface area contributed by atoms with E-state index in [2.05, 4.69) is 15.3 Å². The number of urea groups is 1. The quantitative estimate of drug-likeness (QED) is 0.244. The van der Waals surface area contributed by atoms with E-state index in [1.54, 1.807) is 43.3 Å². The van der Waals surface area contributed by atoms with E-state index in [4.69, 9.17) is 4.74 Å². The molecule has 5 aromatic rings. The molecule has 0 aliphatic carbocycles. The SMILES string of the molecule is CC(C)n1cc(C(=O)Cc2ccc(Oc3cc(NC(=O)N4CCN(C)CC4)cn4nccc34)c(F)c2)c(=O)n(-c2ccc(F)cc2)c1=O. The van der Waals surface area contributed by atoms with E-state index in [0.29, 0.717) is 24.3 Å². The summed E-state index contributed by atoms with van der Waals surface area (Å²) in [6.45, 7) is 6.14. The Bertz CT molecular complexity index is 2130. The highest BCUT2D eigenvalue weighted by atomic mass is 19.1. The van der Waals surface area contributed by atoms with Crippen LogP contribution in [0.1, 0.15) is 35.8 Å². The molecular formula is C34H33F2N7O5. The first-order valence-corrected chi connectivity index (χ1v) is 15.3. The Hall–Kier alpha value is -5.63. The zero-order chi connectivity index (χ0) is 34.1. The second-order valence-electron chi connectivity index (χ2n) is 11.9. The summed E-state index contributed by atoms with van der Waals surface area (Å²) in [6.07, 6.45) is 4.05. The fourth-order valence-electron chi connectivity index (χ4n) is 5.45. The van der Waals surface area contributed by atoms with Gasteiger partial charge in [0, 0.05) is 50.9 Å². The van der Waals surface area contributed by atoms with E-state index < -0.39 is 34.7 Å². The van der Waals surface area contributed by atoms with Crippen LogP contribution < -0.4 is 21.3 Å². The van der Waals surface area contributed by atoms with Crippen molar-refractivity contribution in [3.8, 4) is 17.2 Å². The van der Waals surface area contributed by atoms with Gasteiger partial charge in [-0.1, -0.05) is 6.07 Å². The van der Waals surface area contributed by atoms with E-state index in [1.807, 2.05) is 7.05 Å². The van der Waals surface area contributed by atoms with Gasteiger partial charge in [0.05, 0.1) is 23.8 Å². The number of ether oxygens (including phenoxy) is 1. The number of benzene rings is 2. The van der Waals surface area contributed by atoms with Crippen molar-refractivity contribution in [3.63, 3.8) is 0 Å². The molecule has 6 rings (SSSR count). The molecule has 48 heavy (non-hydrogen) atoms. The molecule has 4 heterocycles. The first-order valence-electron chi connectivity index (χ1n) is 15.3. The fourth-order valence-corrected chi connectivity index (χ4v) is 5.45. The Morgan fingerprint density at radius 3 is 2.35 bits per heavy atom. The van der Waals surface area contributed by atoms with Crippen LogP contribution >= 0.6 is 0 Å². The normalized spacial score (nSPS) is 13.7. The number of rotatable bonds is 8. The number of pyridine rings is 1. The minimum Gasteiger partial charge on any atom is -0.452 e. The predicted molar refractivity (Wildman–Crippen MR) is 174 cm³/mol. The molecule has 0 unspecified atom stereocenters. The third kappa shape index (κ3) is 6.60. The van der Waals surface area contributed by atoms with Gasteiger partial charge in [-0.15, -0.1) is 0 Å². The number of ketones is 1. The second kappa shape index (κ2) is 13.2. The van der Waals surface area contributed by atoms with Crippen molar-refractivity contribution >= 4 is 23.0 Å². The Kier molecular flexibility index (Phi) is 8.91. The van der Waals surface area contributed by atoms with Crippen molar-refractivity contribution < 1.29 is 23.1 Å². The maximum atomic E-state index is 15.4. The number of Topliss-reactive ketones (excluding diaryl/α,β-unsaturated/α-hetero) is 1. The van der Waals surface area contributed by atoms with Crippen LogP contribution in [0.3, 0.4) is 0 Å². The van der Waals surface area contributed by atoms with Crippen molar-refractivity contribution in [3.05, 3.63) is 117 Å². The van der Waals surface area contributed by atoms with E-state index in [0.717, 1.165) is 35.9 Å². The molecule has 1 fully saturated rings. The summed E-state index contributed by atoms with van der Waals surface area (Å²) in [5, 5.41) is 7.10. The molecule has 0 atom stereocenters. The molecule has 3 aromatic heterocycles. The number of fused-ring (bicyclic) bond motifs is 1. The maximum absolute atomic E-state index is 15.4. The first kappa shape index (κ1) is 32.3. The number of hydrogen-bond acceptors (Lipinski definition) is 7. The summed E-state index contributed by atoms with van der Waals surface area (Å²) in [4.78, 5) is 56.7. The molecule has 1 aliphatic heterocycles. The Morgan fingerprint density at radius 1 is 0.938 bits per heavy atom. The third-order valence-corrected chi connectivity index (χ3v) is 8.15. The fraction of sp³-hybridized carbons (Fsp3) is 0.265. The second-order valence-corrected chi connectivity index (χ2v) is 11.9. The summed E-state index contributed by atoms with van der Waals surface area (Å²) in [7, 11) is 2.00. The number of carbonyl (C=O) groups is 2. The summed E-state index contributed by atoms with van der Waals surface area (Å²) in [5.74, 6) is -1.84. The largest absolute Gasteiger partial charge is 0.452 e. The first-order chi connectivity index (χ1) is 23.0. The molecule has 12 nitrogen and oxygen atoms in total. The predicted octanol–water partition coefficient (Wildman–Crippen LogP) is 4.50. The number of nitrogens with one attached hydrogen (secondary N) is 1. The number of hydrogen-bond donors (Lipinski definition) is 1. The van der Waals surface area contributed by atoms with E-state index in [9.17, 15) is 23.6 Å². The molecule has 1 saturated heterocycles. The summed E-state index contributed by atoms with van der Waals surface area (Å²) < 4.78 is 38.5. The average molecular weight is 658 g/mol. The highest BCUT2D eigenvalue weighted by Gasteiger charge is 2.22. The van der Waals surface area contributed by atoms with Gasteiger partial charge in [0.15, 0.2) is 23.1 Å². The van der Waals surface area contributed by atoms with Crippen LogP contribution in [-0.4, -0.2) is 73.6 Å². The molecule has 0 bridgehead atoms. The number of halogens is 2. The van der Waals surface area contributed by atoms with Gasteiger partial charge in [-0.05, 0) is 68.9 Å². The summed E-state index contributed by atoms with van der Waals surface area (Å²) >= 11 is 0. The Morgan fingerprint density at radius 2 is 1.67 bits per heavy atom. The minimum atomic E-state index is -0.863. The van der Waals surface area contributed by atoms with Crippen LogP contribution in [0.15, 0.2) is 82.8 Å². The molecule has 0 radical (unpaired) electrons. The molecule has 1 N–H and O–H groups in total. The number of likely N-dealkylation sites (N-methyl/N-ethyl adjacent to an activating group) is 1. The van der Waals surface area contributed by atoms with Gasteiger partial charge in [-0.2, -0.15) is 5.10 Å². The Labute approximate surface area is 273 Å². The Balaban J connectivity index is 1.24. The zero-order valence-corrected chi connectivity index (χ0v) is 26.5. The van der Waals surface area contributed by atoms with Crippen molar-refractivity contribution in [2.45, 2.75) is 26.3 Å². The van der Waals surface area contributed by atoms with Gasteiger partial charge >= 0.3 is 11.7 Å². The van der Waals surface area contributed by atoms with Crippen molar-refractivity contribution in [2.75, 3.05) is 38.5 Å². The van der Waals surface area contributed by atoms with Crippen LogP contribution in [0.2, 0.25) is 0 Å². The lowest BCUT2D eigenvalue weighted by Gasteiger charge is -2.32. The molecular weight excluding hydrogens is 624 g/mol. The molecule has 2 aromatic carbocycles. The van der Waals surface area contributed by atoms with Gasteiger partial charge < -0.3 is 19.9 Å². The molecule has 1 aliphatic rings. The lowest BCUT2D eigenvalue weighted by atomic mass is 10.0. The zero-order valence-electron chi connectivity index (χ0n) is 26.5. The van der Waals surface area contributed by atoms with E-state index >= 15 is 4.39 Å². The molecule has 0 saturated carbocycles. The van der Waals surface area contributed by atoms with Gasteiger partial charge in [0.2, 0.25) is 0 Å². The van der Waals surface area contributed by atoms with Gasteiger partial charge in [0.25, 0.3) is 5.56 Å². The molecule has 248 valence electrons. The highest BCUT2D eigenvalue weighted by molar-refractivity contribution is 5.97. The lowest BCUT2D eigenvalue weighted by Crippen LogP contribution is -2.48. The standard InChI is InChI=1S/C34H33F2N7O5/c1-21(2)41-20-26(32(45)43(34(41)47)25-7-5-23(35)6-8-25)29(44)17-22-4-9-30(27(36)16-22)48-31-18-24(19-42-28(31)10-11-37-42)38-33(46)40-14-12-39(3)13-15-40/h4-11,16,18-21H,12-15,17H2,1-3H3,(H,38,46). The molecule has 2 amide bonds. The van der Waals surface area contributed by atoms with Crippen molar-refractivity contribution in [1.29, 1.82) is 0 Å². The maximum Gasteiger partial charge on any atom is 0.335 e. The van der Waals surface area contributed by atoms with Crippen LogP contribution in [0, 0.1) is 11.6 Å². The van der Waals surface area contributed by atoms with Crippen LogP contribution in [-0.2, 0) is 6.42 Å². The van der Waals surface area contributed by atoms with Crippen LogP contribution in [0.25, 0.3) is 11.2 Å². The van der Waals surface area contributed by atoms with Gasteiger partial charge in [-0.25, -0.2) is 27.5 Å². The van der Waals surface area contributed by atoms with Gasteiger partial charge in [-0.3, -0.25) is 14.2 Å². The van der Waals surface area contributed by atoms with Crippen LogP contribution in [0.5, 0.6) is 11.5 Å². The van der Waals surface area contributed by atoms with Crippen molar-refractivity contribution in [2.24, 2.45) is 0 Å². The lowest BCUT2D eigenvalue weighted by molar-refractivity contribution is 0.0990. The third-order valence-electron chi connectivity index (χ3n) is 8.15. The highest BCUT2D eigenvalue weighted by Crippen LogP contribution is 2.31. The molecule has 14 heteroatoms. The molecule has 0 spiro atoms. The van der Waals surface area contributed by atoms with E-state index in [1.165, 1.54) is 39.5 Å². The number of anilines is 1. The minimum absolute atomic E-state index is 0.109. The van der Waals surface area contributed by atoms with Crippen molar-refractivity contribution in [1.82, 2.24) is 28.5 Å². The number of nitrogens with zero attached hydrogens (tertiary/aromatic N) is 6. The smallest absolute Gasteiger partial charge is 0.335 e. The summed E-state index contributed by atoms with van der Waals surface area (Å²) in [5.41, 5.74) is -0.502. The van der Waals surface area contributed by atoms with E-state index in [-0.39, 0.29) is 40.8 Å². The number of aromatic nitrogens is 4. The number of amides is 2. The summed E-state index contributed by atoms with van der Waals surface area (Å²) in [6, 6.07) is 11.4. The average Bonchev–Trinajstić information content (AvgIpc) is 3.52. The number of piperazine rings is 1. The topological polar surface area (TPSA) is 123 Å². The monoisotopic (exact) mass is 657 g/mol. The van der Waals surface area contributed by atoms with Gasteiger partial charge in [0.1, 0.15) is 16.9 Å².